The summed E-state index contributed by atoms with van der Waals surface area (Å²) in [7, 11) is 0. The quantitative estimate of drug-likeness (QED) is 0.912. The van der Waals surface area contributed by atoms with Crippen molar-refractivity contribution >= 4 is 23.2 Å². The summed E-state index contributed by atoms with van der Waals surface area (Å²) in [6, 6.07) is 0. The number of carbonyl (C=O) groups excluding carboxylic acids is 1. The molecule has 1 aliphatic heterocycles. The zero-order valence-corrected chi connectivity index (χ0v) is 13.8. The minimum Gasteiger partial charge on any atom is -0.481 e. The monoisotopic (exact) mass is 310 g/mol. The number of carboxylic acids is 1. The van der Waals surface area contributed by atoms with Crippen molar-refractivity contribution in [1.29, 1.82) is 0 Å². The van der Waals surface area contributed by atoms with Gasteiger partial charge in [0.2, 0.25) is 0 Å². The maximum atomic E-state index is 12.5. The van der Waals surface area contributed by atoms with Gasteiger partial charge < -0.3 is 10.0 Å². The third-order valence-corrected chi connectivity index (χ3v) is 5.13. The summed E-state index contributed by atoms with van der Waals surface area (Å²) >= 11 is 1.48. The lowest BCUT2D eigenvalue weighted by Crippen LogP contribution is -2.48. The number of likely N-dealkylation sites (tertiary alicyclic amines) is 1. The van der Waals surface area contributed by atoms with Crippen molar-refractivity contribution < 1.29 is 14.7 Å². The number of nitrogens with zero attached hydrogens (tertiary/aromatic N) is 2. The van der Waals surface area contributed by atoms with Crippen LogP contribution in [0.1, 0.15) is 56.0 Å². The molecular weight excluding hydrogens is 288 g/mol. The number of thiazole rings is 1. The molecule has 1 atom stereocenters. The van der Waals surface area contributed by atoms with Crippen molar-refractivity contribution in [2.45, 2.75) is 46.0 Å². The number of aliphatic carboxylic acids is 1. The Morgan fingerprint density at radius 1 is 1.43 bits per heavy atom. The second-order valence-electron chi connectivity index (χ2n) is 6.98. The van der Waals surface area contributed by atoms with E-state index in [-0.39, 0.29) is 17.9 Å². The first-order chi connectivity index (χ1) is 9.63. The molecule has 1 N–H and O–H groups in total. The lowest BCUT2D eigenvalue weighted by molar-refractivity contribution is -0.150. The van der Waals surface area contributed by atoms with Gasteiger partial charge in [0.15, 0.2) is 0 Å². The predicted octanol–water partition coefficient (Wildman–Crippen LogP) is 2.77. The highest BCUT2D eigenvalue weighted by Crippen LogP contribution is 2.31. The molecule has 5 nitrogen and oxygen atoms in total. The third-order valence-electron chi connectivity index (χ3n) is 3.86. The highest BCUT2D eigenvalue weighted by molar-refractivity contribution is 7.10. The molecule has 0 aromatic carbocycles. The van der Waals surface area contributed by atoms with Crippen LogP contribution in [-0.4, -0.2) is 40.0 Å². The average Bonchev–Trinajstić information content (AvgIpc) is 2.87. The molecule has 1 amide bonds. The number of aromatic nitrogens is 1. The third kappa shape index (κ3) is 3.26. The Labute approximate surface area is 129 Å². The van der Waals surface area contributed by atoms with Gasteiger partial charge in [-0.05, 0) is 19.8 Å². The van der Waals surface area contributed by atoms with E-state index in [4.69, 9.17) is 0 Å². The van der Waals surface area contributed by atoms with E-state index in [9.17, 15) is 14.7 Å². The molecule has 2 heterocycles. The second-order valence-corrected chi connectivity index (χ2v) is 7.84. The molecule has 1 fully saturated rings. The van der Waals surface area contributed by atoms with Crippen molar-refractivity contribution in [2.75, 3.05) is 13.1 Å². The summed E-state index contributed by atoms with van der Waals surface area (Å²) in [6.07, 6.45) is 1.32. The van der Waals surface area contributed by atoms with E-state index in [0.29, 0.717) is 25.1 Å². The van der Waals surface area contributed by atoms with Gasteiger partial charge in [0.25, 0.3) is 5.91 Å². The Kier molecular flexibility index (Phi) is 4.10. The standard InChI is InChI=1S/C15H22N2O3S/c1-14(2,3)12-16-10(8-21-12)11(18)17-7-5-6-15(4,9-17)13(19)20/h8H,5-7,9H2,1-4H3,(H,19,20). The summed E-state index contributed by atoms with van der Waals surface area (Å²) in [4.78, 5) is 29.9. The van der Waals surface area contributed by atoms with E-state index < -0.39 is 11.4 Å². The fourth-order valence-corrected chi connectivity index (χ4v) is 3.35. The van der Waals surface area contributed by atoms with Gasteiger partial charge >= 0.3 is 5.97 Å². The van der Waals surface area contributed by atoms with Crippen LogP contribution >= 0.6 is 11.3 Å². The Morgan fingerprint density at radius 3 is 2.62 bits per heavy atom. The number of carboxylic acid groups (broad SMARTS) is 1. The van der Waals surface area contributed by atoms with E-state index >= 15 is 0 Å². The molecule has 0 spiro atoms. The molecular formula is C15H22N2O3S. The highest BCUT2D eigenvalue weighted by atomic mass is 32.1. The summed E-state index contributed by atoms with van der Waals surface area (Å²) in [5, 5.41) is 12.0. The number of amides is 1. The van der Waals surface area contributed by atoms with Gasteiger partial charge in [-0.1, -0.05) is 20.8 Å². The largest absolute Gasteiger partial charge is 0.481 e. The molecule has 1 saturated heterocycles. The number of hydrogen-bond acceptors (Lipinski definition) is 4. The van der Waals surface area contributed by atoms with Crippen molar-refractivity contribution in [3.63, 3.8) is 0 Å². The zero-order valence-electron chi connectivity index (χ0n) is 13.0. The van der Waals surface area contributed by atoms with E-state index in [2.05, 4.69) is 25.8 Å². The highest BCUT2D eigenvalue weighted by Gasteiger charge is 2.40. The summed E-state index contributed by atoms with van der Waals surface area (Å²) in [5.74, 6) is -0.998. The molecule has 6 heteroatoms. The molecule has 1 aromatic heterocycles. The van der Waals surface area contributed by atoms with Gasteiger partial charge in [-0.15, -0.1) is 11.3 Å². The minimum absolute atomic E-state index is 0.0827. The van der Waals surface area contributed by atoms with E-state index in [1.807, 2.05) is 0 Å². The Morgan fingerprint density at radius 2 is 2.10 bits per heavy atom. The maximum Gasteiger partial charge on any atom is 0.311 e. The molecule has 1 aliphatic rings. The van der Waals surface area contributed by atoms with Crippen LogP contribution in [0.4, 0.5) is 0 Å². The van der Waals surface area contributed by atoms with Gasteiger partial charge in [-0.25, -0.2) is 4.98 Å². The molecule has 116 valence electrons. The average molecular weight is 310 g/mol. The fraction of sp³-hybridized carbons (Fsp3) is 0.667. The van der Waals surface area contributed by atoms with Crippen LogP contribution in [-0.2, 0) is 10.2 Å². The molecule has 0 aliphatic carbocycles. The Bertz CT molecular complexity index is 562. The van der Waals surface area contributed by atoms with Crippen LogP contribution in [0, 0.1) is 5.41 Å². The van der Waals surface area contributed by atoms with Crippen LogP contribution in [0.2, 0.25) is 0 Å². The first kappa shape index (κ1) is 15.9. The van der Waals surface area contributed by atoms with E-state index in [0.717, 1.165) is 5.01 Å². The van der Waals surface area contributed by atoms with Crippen LogP contribution in [0.15, 0.2) is 5.38 Å². The minimum atomic E-state index is -0.850. The molecule has 0 saturated carbocycles. The molecule has 1 aromatic rings. The first-order valence-electron chi connectivity index (χ1n) is 7.12. The predicted molar refractivity (Wildman–Crippen MR) is 81.7 cm³/mol. The molecule has 0 bridgehead atoms. The fourth-order valence-electron chi connectivity index (χ4n) is 2.47. The van der Waals surface area contributed by atoms with Crippen molar-refractivity contribution in [3.8, 4) is 0 Å². The number of rotatable bonds is 2. The Balaban J connectivity index is 2.17. The van der Waals surface area contributed by atoms with Gasteiger partial charge in [-0.2, -0.15) is 0 Å². The van der Waals surface area contributed by atoms with Crippen molar-refractivity contribution in [3.05, 3.63) is 16.1 Å². The lowest BCUT2D eigenvalue weighted by Gasteiger charge is -2.37. The smallest absolute Gasteiger partial charge is 0.311 e. The van der Waals surface area contributed by atoms with Crippen LogP contribution in [0.3, 0.4) is 0 Å². The topological polar surface area (TPSA) is 70.5 Å². The number of carbonyl (C=O) groups is 2. The lowest BCUT2D eigenvalue weighted by atomic mass is 9.82. The molecule has 21 heavy (non-hydrogen) atoms. The maximum absolute atomic E-state index is 12.5. The molecule has 0 radical (unpaired) electrons. The Hall–Kier alpha value is -1.43. The molecule has 1 unspecified atom stereocenters. The normalized spacial score (nSPS) is 23.1. The SMILES string of the molecule is CC1(C(=O)O)CCCN(C(=O)c2csc(C(C)(C)C)n2)C1. The molecule has 2 rings (SSSR count). The van der Waals surface area contributed by atoms with Gasteiger partial charge in [-0.3, -0.25) is 9.59 Å². The first-order valence-corrected chi connectivity index (χ1v) is 8.00. The summed E-state index contributed by atoms with van der Waals surface area (Å²) in [6.45, 7) is 8.73. The zero-order chi connectivity index (χ0) is 15.8. The van der Waals surface area contributed by atoms with Gasteiger partial charge in [0.1, 0.15) is 5.69 Å². The number of hydrogen-bond donors (Lipinski definition) is 1. The summed E-state index contributed by atoms with van der Waals surface area (Å²) < 4.78 is 0. The second kappa shape index (κ2) is 5.40. The van der Waals surface area contributed by atoms with Gasteiger partial charge in [0, 0.05) is 23.9 Å². The van der Waals surface area contributed by atoms with Crippen molar-refractivity contribution in [1.82, 2.24) is 9.88 Å². The van der Waals surface area contributed by atoms with Crippen LogP contribution < -0.4 is 0 Å². The van der Waals surface area contributed by atoms with Crippen LogP contribution in [0.25, 0.3) is 0 Å². The van der Waals surface area contributed by atoms with Crippen LogP contribution in [0.5, 0.6) is 0 Å². The van der Waals surface area contributed by atoms with Gasteiger partial charge in [0.05, 0.1) is 10.4 Å². The van der Waals surface area contributed by atoms with Crippen molar-refractivity contribution in [2.24, 2.45) is 5.41 Å². The number of piperidine rings is 1. The van der Waals surface area contributed by atoms with E-state index in [1.165, 1.54) is 11.3 Å². The summed E-state index contributed by atoms with van der Waals surface area (Å²) in [5.41, 5.74) is -0.503. The van der Waals surface area contributed by atoms with E-state index in [1.54, 1.807) is 17.2 Å².